The van der Waals surface area contributed by atoms with Gasteiger partial charge in [0.1, 0.15) is 5.52 Å². The van der Waals surface area contributed by atoms with E-state index in [4.69, 9.17) is 4.42 Å². The smallest absolute Gasteiger partial charge is 0.196 e. The SMILES string of the molecule is CC(C)c1ccc(C(Br)Cc2nc3ccccc3o2)cc1. The summed E-state index contributed by atoms with van der Waals surface area (Å²) in [5.74, 6) is 1.33. The predicted molar refractivity (Wildman–Crippen MR) is 89.9 cm³/mol. The highest BCUT2D eigenvalue weighted by molar-refractivity contribution is 9.09. The van der Waals surface area contributed by atoms with Gasteiger partial charge in [-0.25, -0.2) is 4.98 Å². The van der Waals surface area contributed by atoms with Gasteiger partial charge in [0.2, 0.25) is 0 Å². The first kappa shape index (κ1) is 14.3. The molecule has 0 radical (unpaired) electrons. The van der Waals surface area contributed by atoms with Gasteiger partial charge in [-0.05, 0) is 29.2 Å². The third-order valence-electron chi connectivity index (χ3n) is 3.66. The number of benzene rings is 2. The first-order valence-electron chi connectivity index (χ1n) is 7.22. The van der Waals surface area contributed by atoms with Crippen LogP contribution in [-0.2, 0) is 6.42 Å². The molecule has 2 nitrogen and oxygen atoms in total. The normalized spacial score (nSPS) is 13.0. The fraction of sp³-hybridized carbons (Fsp3) is 0.278. The second-order valence-corrected chi connectivity index (χ2v) is 6.67. The molecule has 0 spiro atoms. The number of fused-ring (bicyclic) bond motifs is 1. The van der Waals surface area contributed by atoms with Crippen LogP contribution in [0.15, 0.2) is 52.9 Å². The maximum atomic E-state index is 5.78. The van der Waals surface area contributed by atoms with Crippen LogP contribution in [0.2, 0.25) is 0 Å². The Morgan fingerprint density at radius 2 is 1.67 bits per heavy atom. The van der Waals surface area contributed by atoms with E-state index < -0.39 is 0 Å². The number of aromatic nitrogens is 1. The minimum absolute atomic E-state index is 0.215. The molecule has 3 heteroatoms. The van der Waals surface area contributed by atoms with Crippen LogP contribution in [0.3, 0.4) is 0 Å². The minimum atomic E-state index is 0.215. The van der Waals surface area contributed by atoms with Crippen molar-refractivity contribution in [2.75, 3.05) is 0 Å². The van der Waals surface area contributed by atoms with E-state index in [0.29, 0.717) is 5.92 Å². The molecule has 21 heavy (non-hydrogen) atoms. The predicted octanol–water partition coefficient (Wildman–Crippen LogP) is 5.63. The van der Waals surface area contributed by atoms with Crippen LogP contribution < -0.4 is 0 Å². The Morgan fingerprint density at radius 3 is 2.33 bits per heavy atom. The molecule has 1 unspecified atom stereocenters. The third kappa shape index (κ3) is 3.18. The van der Waals surface area contributed by atoms with Crippen molar-refractivity contribution in [2.24, 2.45) is 0 Å². The molecule has 0 saturated carbocycles. The van der Waals surface area contributed by atoms with Gasteiger partial charge in [0.25, 0.3) is 0 Å². The molecule has 0 aliphatic carbocycles. The summed E-state index contributed by atoms with van der Waals surface area (Å²) in [5.41, 5.74) is 4.38. The van der Waals surface area contributed by atoms with Crippen LogP contribution in [0, 0.1) is 0 Å². The summed E-state index contributed by atoms with van der Waals surface area (Å²) in [5, 5.41) is 0. The summed E-state index contributed by atoms with van der Waals surface area (Å²) in [6, 6.07) is 16.6. The van der Waals surface area contributed by atoms with Crippen molar-refractivity contribution in [1.82, 2.24) is 4.98 Å². The van der Waals surface area contributed by atoms with Crippen molar-refractivity contribution in [3.8, 4) is 0 Å². The van der Waals surface area contributed by atoms with Crippen molar-refractivity contribution in [1.29, 1.82) is 0 Å². The maximum absolute atomic E-state index is 5.78. The Morgan fingerprint density at radius 1 is 1.00 bits per heavy atom. The van der Waals surface area contributed by atoms with Crippen molar-refractivity contribution >= 4 is 27.0 Å². The summed E-state index contributed by atoms with van der Waals surface area (Å²) in [6.45, 7) is 4.41. The molecule has 2 aromatic carbocycles. The molecule has 3 rings (SSSR count). The molecular weight excluding hydrogens is 326 g/mol. The van der Waals surface area contributed by atoms with Crippen LogP contribution in [0.4, 0.5) is 0 Å². The van der Waals surface area contributed by atoms with Crippen LogP contribution in [0.5, 0.6) is 0 Å². The number of nitrogens with zero attached hydrogens (tertiary/aromatic N) is 1. The van der Waals surface area contributed by atoms with Gasteiger partial charge in [-0.15, -0.1) is 0 Å². The minimum Gasteiger partial charge on any atom is -0.441 e. The largest absolute Gasteiger partial charge is 0.441 e. The number of oxazole rings is 1. The van der Waals surface area contributed by atoms with Gasteiger partial charge >= 0.3 is 0 Å². The van der Waals surface area contributed by atoms with Crippen molar-refractivity contribution in [2.45, 2.75) is 31.0 Å². The molecule has 0 saturated heterocycles. The van der Waals surface area contributed by atoms with E-state index in [1.807, 2.05) is 24.3 Å². The van der Waals surface area contributed by atoms with E-state index in [9.17, 15) is 0 Å². The highest BCUT2D eigenvalue weighted by Gasteiger charge is 2.13. The Kier molecular flexibility index (Phi) is 4.11. The zero-order valence-corrected chi connectivity index (χ0v) is 13.8. The molecule has 0 N–H and O–H groups in total. The number of alkyl halides is 1. The fourth-order valence-electron chi connectivity index (χ4n) is 2.37. The maximum Gasteiger partial charge on any atom is 0.196 e. The Labute approximate surface area is 133 Å². The highest BCUT2D eigenvalue weighted by atomic mass is 79.9. The van der Waals surface area contributed by atoms with Gasteiger partial charge in [0.05, 0.1) is 0 Å². The molecular formula is C18H18BrNO. The standard InChI is InChI=1S/C18H18BrNO/c1-12(2)13-7-9-14(10-8-13)15(19)11-18-20-16-5-3-4-6-17(16)21-18/h3-10,12,15H,11H2,1-2H3. The van der Waals surface area contributed by atoms with Crippen LogP contribution in [0.25, 0.3) is 11.1 Å². The molecule has 3 aromatic rings. The van der Waals surface area contributed by atoms with E-state index >= 15 is 0 Å². The van der Waals surface area contributed by atoms with Crippen molar-refractivity contribution in [3.05, 3.63) is 65.5 Å². The van der Waals surface area contributed by atoms with Gasteiger partial charge in [-0.3, -0.25) is 0 Å². The molecule has 0 aliphatic heterocycles. The lowest BCUT2D eigenvalue weighted by molar-refractivity contribution is 0.527. The van der Waals surface area contributed by atoms with E-state index in [2.05, 4.69) is 59.0 Å². The molecule has 1 atom stereocenters. The second kappa shape index (κ2) is 6.02. The molecule has 0 fully saturated rings. The van der Waals surface area contributed by atoms with Crippen molar-refractivity contribution in [3.63, 3.8) is 0 Å². The molecule has 0 amide bonds. The lowest BCUT2D eigenvalue weighted by atomic mass is 10.0. The van der Waals surface area contributed by atoms with Gasteiger partial charge < -0.3 is 4.42 Å². The molecule has 108 valence electrons. The number of halogens is 1. The van der Waals surface area contributed by atoms with Crippen LogP contribution >= 0.6 is 15.9 Å². The number of hydrogen-bond acceptors (Lipinski definition) is 2. The summed E-state index contributed by atoms with van der Waals surface area (Å²) in [6.07, 6.45) is 0.746. The fourth-order valence-corrected chi connectivity index (χ4v) is 2.95. The van der Waals surface area contributed by atoms with E-state index in [1.54, 1.807) is 0 Å². The molecule has 1 heterocycles. The van der Waals surface area contributed by atoms with Gasteiger partial charge in [0, 0.05) is 11.2 Å². The second-order valence-electron chi connectivity index (χ2n) is 5.57. The lowest BCUT2D eigenvalue weighted by Crippen LogP contribution is -1.96. The summed E-state index contributed by atoms with van der Waals surface area (Å²) in [7, 11) is 0. The van der Waals surface area contributed by atoms with E-state index in [-0.39, 0.29) is 4.83 Å². The Bertz CT molecular complexity index is 697. The van der Waals surface area contributed by atoms with Gasteiger partial charge in [-0.2, -0.15) is 0 Å². The Hall–Kier alpha value is -1.61. The zero-order valence-electron chi connectivity index (χ0n) is 12.2. The first-order chi connectivity index (χ1) is 10.1. The molecule has 0 aliphatic rings. The van der Waals surface area contributed by atoms with Crippen LogP contribution in [0.1, 0.15) is 41.6 Å². The van der Waals surface area contributed by atoms with Gasteiger partial charge in [0.15, 0.2) is 11.5 Å². The summed E-state index contributed by atoms with van der Waals surface area (Å²) in [4.78, 5) is 4.74. The first-order valence-corrected chi connectivity index (χ1v) is 8.13. The summed E-state index contributed by atoms with van der Waals surface area (Å²) >= 11 is 3.74. The lowest BCUT2D eigenvalue weighted by Gasteiger charge is -2.10. The average Bonchev–Trinajstić information content (AvgIpc) is 2.89. The molecule has 1 aromatic heterocycles. The number of para-hydroxylation sites is 2. The number of hydrogen-bond donors (Lipinski definition) is 0. The molecule has 0 bridgehead atoms. The third-order valence-corrected chi connectivity index (χ3v) is 4.51. The van der Waals surface area contributed by atoms with Crippen molar-refractivity contribution < 1.29 is 4.42 Å². The summed E-state index contributed by atoms with van der Waals surface area (Å²) < 4.78 is 5.78. The monoisotopic (exact) mass is 343 g/mol. The Balaban J connectivity index is 1.77. The topological polar surface area (TPSA) is 26.0 Å². The zero-order chi connectivity index (χ0) is 14.8. The quantitative estimate of drug-likeness (QED) is 0.573. The van der Waals surface area contributed by atoms with E-state index in [0.717, 1.165) is 23.4 Å². The average molecular weight is 344 g/mol. The van der Waals surface area contributed by atoms with Gasteiger partial charge in [-0.1, -0.05) is 66.2 Å². The number of rotatable bonds is 4. The van der Waals surface area contributed by atoms with Crippen LogP contribution in [-0.4, -0.2) is 4.98 Å². The highest BCUT2D eigenvalue weighted by Crippen LogP contribution is 2.29. The van der Waals surface area contributed by atoms with E-state index in [1.165, 1.54) is 11.1 Å².